The monoisotopic (exact) mass is 410 g/mol. The van der Waals surface area contributed by atoms with Crippen LogP contribution in [-0.4, -0.2) is 37.7 Å². The summed E-state index contributed by atoms with van der Waals surface area (Å²) in [6.45, 7) is 1.18. The minimum atomic E-state index is -4.81. The number of hydrogen-bond donors (Lipinski definition) is 4. The Labute approximate surface area is 162 Å². The molecule has 10 heteroatoms. The molecule has 2 aliphatic heterocycles. The summed E-state index contributed by atoms with van der Waals surface area (Å²) in [4.78, 5) is 0. The lowest BCUT2D eigenvalue weighted by molar-refractivity contribution is -0.137. The van der Waals surface area contributed by atoms with Crippen molar-refractivity contribution in [3.63, 3.8) is 0 Å². The normalized spacial score (nSPS) is 27.8. The van der Waals surface area contributed by atoms with Crippen molar-refractivity contribution in [1.82, 2.24) is 4.57 Å². The number of nitrogens with zero attached hydrogens (tertiary/aromatic N) is 2. The lowest BCUT2D eigenvalue weighted by atomic mass is 9.76. The lowest BCUT2D eigenvalue weighted by Gasteiger charge is -2.26. The fourth-order valence-electron chi connectivity index (χ4n) is 4.55. The summed E-state index contributed by atoms with van der Waals surface area (Å²) in [6, 6.07) is 4.25. The topological polar surface area (TPSA) is 119 Å². The van der Waals surface area contributed by atoms with E-state index in [-0.39, 0.29) is 36.3 Å². The van der Waals surface area contributed by atoms with Crippen LogP contribution in [0.4, 0.5) is 13.2 Å². The Hall–Kier alpha value is -2.74. The van der Waals surface area contributed by atoms with E-state index in [1.54, 1.807) is 0 Å². The van der Waals surface area contributed by atoms with Crippen molar-refractivity contribution >= 4 is 0 Å². The SMILES string of the molecule is C[C@]12O[C@](CCO)(C[C@@H]1O)c1c2c(O)n(-c2ccc(C#N)c(C(F)(F)F)c2)c1O. The van der Waals surface area contributed by atoms with Crippen molar-refractivity contribution in [3.05, 3.63) is 40.5 Å². The molecule has 2 aliphatic rings. The van der Waals surface area contributed by atoms with Crippen LogP contribution in [0.3, 0.4) is 0 Å². The number of benzene rings is 1. The molecule has 0 radical (unpaired) electrons. The molecule has 1 saturated heterocycles. The highest BCUT2D eigenvalue weighted by atomic mass is 19.4. The van der Waals surface area contributed by atoms with E-state index in [4.69, 9.17) is 10.00 Å². The maximum atomic E-state index is 13.3. The Kier molecular flexibility index (Phi) is 3.97. The van der Waals surface area contributed by atoms with Gasteiger partial charge < -0.3 is 25.2 Å². The quantitative estimate of drug-likeness (QED) is 0.617. The van der Waals surface area contributed by atoms with Crippen LogP contribution in [0.15, 0.2) is 18.2 Å². The Bertz CT molecular complexity index is 1060. The predicted octanol–water partition coefficient (Wildman–Crippen LogP) is 2.37. The van der Waals surface area contributed by atoms with Gasteiger partial charge in [-0.25, -0.2) is 0 Å². The van der Waals surface area contributed by atoms with Crippen LogP contribution < -0.4 is 0 Å². The second kappa shape index (κ2) is 5.89. The molecule has 0 aliphatic carbocycles. The van der Waals surface area contributed by atoms with Gasteiger partial charge in [0.15, 0.2) is 0 Å². The minimum Gasteiger partial charge on any atom is -0.494 e. The third kappa shape index (κ3) is 2.41. The molecular weight excluding hydrogens is 393 g/mol. The molecule has 2 bridgehead atoms. The Balaban J connectivity index is 1.97. The number of alkyl halides is 3. The van der Waals surface area contributed by atoms with Crippen LogP contribution in [0.25, 0.3) is 5.69 Å². The van der Waals surface area contributed by atoms with Crippen LogP contribution >= 0.6 is 0 Å². The number of fused-ring (bicyclic) bond motifs is 5. The standard InChI is InChI=1S/C19H17F3N2O5/c1-17-12(26)7-18(29-17,4-5-25)14-13(17)15(27)24(16(14)28)10-3-2-9(8-23)11(6-10)19(20,21)22/h2-3,6,12,25-28H,4-5,7H2,1H3/t12-,17-,18+/m0/s1. The largest absolute Gasteiger partial charge is 0.494 e. The zero-order chi connectivity index (χ0) is 21.4. The number of aliphatic hydroxyl groups is 2. The average Bonchev–Trinajstić information content (AvgIpc) is 3.16. The summed E-state index contributed by atoms with van der Waals surface area (Å²) < 4.78 is 46.7. The Morgan fingerprint density at radius 3 is 2.52 bits per heavy atom. The number of nitriles is 1. The highest BCUT2D eigenvalue weighted by Gasteiger charge is 2.65. The van der Waals surface area contributed by atoms with Gasteiger partial charge in [-0.2, -0.15) is 18.4 Å². The van der Waals surface area contributed by atoms with Crippen LogP contribution in [0.1, 0.15) is 42.0 Å². The predicted molar refractivity (Wildman–Crippen MR) is 91.3 cm³/mol. The van der Waals surface area contributed by atoms with Crippen LogP contribution in [0, 0.1) is 11.3 Å². The molecule has 29 heavy (non-hydrogen) atoms. The van der Waals surface area contributed by atoms with Crippen LogP contribution in [0.5, 0.6) is 11.8 Å². The highest BCUT2D eigenvalue weighted by molar-refractivity contribution is 5.62. The van der Waals surface area contributed by atoms with Crippen molar-refractivity contribution < 1.29 is 38.3 Å². The van der Waals surface area contributed by atoms with E-state index < -0.39 is 46.4 Å². The molecule has 2 aromatic rings. The number of hydrogen-bond acceptors (Lipinski definition) is 6. The molecule has 1 fully saturated rings. The van der Waals surface area contributed by atoms with Gasteiger partial charge in [-0.1, -0.05) is 0 Å². The van der Waals surface area contributed by atoms with Gasteiger partial charge in [-0.05, 0) is 25.1 Å². The first-order valence-electron chi connectivity index (χ1n) is 8.78. The van der Waals surface area contributed by atoms with Gasteiger partial charge in [0, 0.05) is 19.4 Å². The fourth-order valence-corrected chi connectivity index (χ4v) is 4.55. The zero-order valence-electron chi connectivity index (χ0n) is 15.2. The molecule has 0 unspecified atom stereocenters. The lowest BCUT2D eigenvalue weighted by Crippen LogP contribution is -2.33. The Morgan fingerprint density at radius 1 is 1.28 bits per heavy atom. The number of aromatic hydroxyl groups is 2. The third-order valence-corrected chi connectivity index (χ3v) is 5.84. The molecule has 3 atom stereocenters. The van der Waals surface area contributed by atoms with Gasteiger partial charge >= 0.3 is 6.18 Å². The van der Waals surface area contributed by atoms with E-state index in [0.29, 0.717) is 6.07 Å². The number of aliphatic hydroxyl groups excluding tert-OH is 2. The van der Waals surface area contributed by atoms with E-state index in [9.17, 15) is 33.6 Å². The van der Waals surface area contributed by atoms with Crippen molar-refractivity contribution in [3.8, 4) is 23.5 Å². The molecule has 0 amide bonds. The Morgan fingerprint density at radius 2 is 1.93 bits per heavy atom. The van der Waals surface area contributed by atoms with Crippen molar-refractivity contribution in [2.45, 2.75) is 43.2 Å². The van der Waals surface area contributed by atoms with Crippen LogP contribution in [-0.2, 0) is 22.1 Å². The molecule has 1 aromatic carbocycles. The minimum absolute atomic E-state index is 0.0187. The van der Waals surface area contributed by atoms with Crippen LogP contribution in [0.2, 0.25) is 0 Å². The maximum Gasteiger partial charge on any atom is 0.417 e. The fraction of sp³-hybridized carbons (Fsp3) is 0.421. The highest BCUT2D eigenvalue weighted by Crippen LogP contribution is 2.65. The van der Waals surface area contributed by atoms with E-state index in [2.05, 4.69) is 0 Å². The van der Waals surface area contributed by atoms with E-state index >= 15 is 0 Å². The molecule has 0 spiro atoms. The van der Waals surface area contributed by atoms with Gasteiger partial charge in [0.2, 0.25) is 11.8 Å². The number of halogens is 3. The molecule has 7 nitrogen and oxygen atoms in total. The molecule has 0 saturated carbocycles. The smallest absolute Gasteiger partial charge is 0.417 e. The number of ether oxygens (including phenoxy) is 1. The van der Waals surface area contributed by atoms with Crippen molar-refractivity contribution in [2.24, 2.45) is 0 Å². The molecular formula is C19H17F3N2O5. The zero-order valence-corrected chi connectivity index (χ0v) is 15.2. The molecule has 154 valence electrons. The second-order valence-corrected chi connectivity index (χ2v) is 7.47. The van der Waals surface area contributed by atoms with E-state index in [1.165, 1.54) is 19.1 Å². The average molecular weight is 410 g/mol. The van der Waals surface area contributed by atoms with Gasteiger partial charge in [0.1, 0.15) is 11.2 Å². The van der Waals surface area contributed by atoms with Gasteiger partial charge in [0.05, 0.1) is 40.1 Å². The summed E-state index contributed by atoms with van der Waals surface area (Å²) in [6.07, 6.45) is -5.79. The summed E-state index contributed by atoms with van der Waals surface area (Å²) in [5.74, 6) is -1.11. The summed E-state index contributed by atoms with van der Waals surface area (Å²) >= 11 is 0. The maximum absolute atomic E-state index is 13.3. The number of aromatic nitrogens is 1. The molecule has 3 heterocycles. The van der Waals surface area contributed by atoms with Crippen molar-refractivity contribution in [1.29, 1.82) is 5.26 Å². The molecule has 1 aromatic heterocycles. The first kappa shape index (κ1) is 19.6. The second-order valence-electron chi connectivity index (χ2n) is 7.47. The van der Waals surface area contributed by atoms with E-state index in [1.807, 2.05) is 0 Å². The molecule has 4 rings (SSSR count). The summed E-state index contributed by atoms with van der Waals surface area (Å²) in [5.41, 5.74) is -4.48. The first-order chi connectivity index (χ1) is 13.5. The van der Waals surface area contributed by atoms with Gasteiger partial charge in [0.25, 0.3) is 0 Å². The van der Waals surface area contributed by atoms with Gasteiger partial charge in [-0.3, -0.25) is 4.57 Å². The van der Waals surface area contributed by atoms with E-state index in [0.717, 1.165) is 10.6 Å². The number of rotatable bonds is 3. The summed E-state index contributed by atoms with van der Waals surface area (Å²) in [7, 11) is 0. The molecule has 4 N–H and O–H groups in total. The van der Waals surface area contributed by atoms with Crippen molar-refractivity contribution in [2.75, 3.05) is 6.61 Å². The third-order valence-electron chi connectivity index (χ3n) is 5.84. The van der Waals surface area contributed by atoms with Gasteiger partial charge in [-0.15, -0.1) is 0 Å². The first-order valence-corrected chi connectivity index (χ1v) is 8.78. The summed E-state index contributed by atoms with van der Waals surface area (Å²) in [5, 5.41) is 50.5.